The van der Waals surface area contributed by atoms with Gasteiger partial charge in [-0.05, 0) is 6.92 Å². The van der Waals surface area contributed by atoms with Crippen LogP contribution in [0.4, 0.5) is 0 Å². The van der Waals surface area contributed by atoms with E-state index in [4.69, 9.17) is 0 Å². The Kier molecular flexibility index (Phi) is 0.913. The van der Waals surface area contributed by atoms with Gasteiger partial charge >= 0.3 is 0 Å². The molecule has 10 heavy (non-hydrogen) atoms. The molecule has 0 N–H and O–H groups in total. The molecule has 0 amide bonds. The average Bonchev–Trinajstić information content (AvgIpc) is 2.33. The summed E-state index contributed by atoms with van der Waals surface area (Å²) in [6.45, 7) is 1.86. The molecule has 5 heteroatoms. The van der Waals surface area contributed by atoms with Crippen LogP contribution in [0.3, 0.4) is 0 Å². The van der Waals surface area contributed by atoms with Gasteiger partial charge in [-0.2, -0.15) is 15.2 Å². The van der Waals surface area contributed by atoms with E-state index in [0.29, 0.717) is 5.78 Å². The quantitative estimate of drug-likeness (QED) is 0.503. The molecule has 50 valence electrons. The number of nitrogens with zero attached hydrogens (tertiary/aromatic N) is 5. The molecule has 2 rings (SSSR count). The third-order valence-electron chi connectivity index (χ3n) is 1.16. The smallest absolute Gasteiger partial charge is 0.201 e. The molecule has 2 heterocycles. The van der Waals surface area contributed by atoms with E-state index in [1.165, 1.54) is 6.33 Å². The molecule has 0 saturated carbocycles. The standard InChI is InChI=1S/C5H5N5/c1-4-2-10-5(9-8-4)6-3-7-10/h2-3H,1H3. The highest BCUT2D eigenvalue weighted by molar-refractivity contribution is 5.21. The Morgan fingerprint density at radius 2 is 2.30 bits per heavy atom. The first-order chi connectivity index (χ1) is 4.86. The molecular formula is C5H5N5. The maximum atomic E-state index is 3.88. The summed E-state index contributed by atoms with van der Waals surface area (Å²) in [4.78, 5) is 3.84. The van der Waals surface area contributed by atoms with Gasteiger partial charge in [0.25, 0.3) is 5.78 Å². The monoisotopic (exact) mass is 135 g/mol. The summed E-state index contributed by atoms with van der Waals surface area (Å²) in [6, 6.07) is 0. The second-order valence-corrected chi connectivity index (χ2v) is 1.98. The largest absolute Gasteiger partial charge is 0.271 e. The van der Waals surface area contributed by atoms with E-state index in [1.807, 2.05) is 6.92 Å². The van der Waals surface area contributed by atoms with E-state index in [9.17, 15) is 0 Å². The lowest BCUT2D eigenvalue weighted by atomic mass is 10.6. The highest BCUT2D eigenvalue weighted by atomic mass is 15.4. The van der Waals surface area contributed by atoms with Gasteiger partial charge in [0.05, 0.1) is 11.9 Å². The van der Waals surface area contributed by atoms with Crippen molar-refractivity contribution in [3.63, 3.8) is 0 Å². The Morgan fingerprint density at radius 3 is 3.20 bits per heavy atom. The van der Waals surface area contributed by atoms with Crippen molar-refractivity contribution >= 4 is 5.78 Å². The zero-order chi connectivity index (χ0) is 6.97. The van der Waals surface area contributed by atoms with Gasteiger partial charge in [0, 0.05) is 0 Å². The Morgan fingerprint density at radius 1 is 1.40 bits per heavy atom. The van der Waals surface area contributed by atoms with Crippen LogP contribution < -0.4 is 0 Å². The van der Waals surface area contributed by atoms with Crippen molar-refractivity contribution < 1.29 is 0 Å². The van der Waals surface area contributed by atoms with E-state index in [-0.39, 0.29) is 0 Å². The van der Waals surface area contributed by atoms with Crippen molar-refractivity contribution in [2.45, 2.75) is 6.92 Å². The Hall–Kier alpha value is -1.52. The van der Waals surface area contributed by atoms with Crippen LogP contribution in [0.2, 0.25) is 0 Å². The summed E-state index contributed by atoms with van der Waals surface area (Å²) in [5, 5.41) is 11.5. The lowest BCUT2D eigenvalue weighted by molar-refractivity contribution is 0.860. The topological polar surface area (TPSA) is 56.0 Å². The fourth-order valence-corrected chi connectivity index (χ4v) is 0.733. The van der Waals surface area contributed by atoms with Crippen LogP contribution in [-0.2, 0) is 0 Å². The minimum Gasteiger partial charge on any atom is -0.201 e. The van der Waals surface area contributed by atoms with Crippen molar-refractivity contribution in [2.75, 3.05) is 0 Å². The van der Waals surface area contributed by atoms with Crippen LogP contribution in [-0.4, -0.2) is 24.8 Å². The predicted molar refractivity (Wildman–Crippen MR) is 33.3 cm³/mol. The van der Waals surface area contributed by atoms with Gasteiger partial charge in [-0.15, -0.1) is 5.10 Å². The Bertz CT molecular complexity index is 352. The van der Waals surface area contributed by atoms with Crippen molar-refractivity contribution in [1.82, 2.24) is 24.8 Å². The van der Waals surface area contributed by atoms with E-state index in [1.54, 1.807) is 10.7 Å². The van der Waals surface area contributed by atoms with Gasteiger partial charge in [0.2, 0.25) is 0 Å². The number of fused-ring (bicyclic) bond motifs is 1. The molecule has 0 aliphatic heterocycles. The van der Waals surface area contributed by atoms with Crippen molar-refractivity contribution in [1.29, 1.82) is 0 Å². The molecule has 0 aliphatic carbocycles. The van der Waals surface area contributed by atoms with Gasteiger partial charge in [-0.3, -0.25) is 0 Å². The fraction of sp³-hybridized carbons (Fsp3) is 0.200. The Balaban J connectivity index is 2.86. The van der Waals surface area contributed by atoms with E-state index < -0.39 is 0 Å². The number of rotatable bonds is 0. The molecule has 0 radical (unpaired) electrons. The van der Waals surface area contributed by atoms with Gasteiger partial charge in [0.15, 0.2) is 0 Å². The summed E-state index contributed by atoms with van der Waals surface area (Å²) in [6.07, 6.45) is 3.22. The zero-order valence-electron chi connectivity index (χ0n) is 5.39. The molecule has 0 fully saturated rings. The van der Waals surface area contributed by atoms with E-state index >= 15 is 0 Å². The summed E-state index contributed by atoms with van der Waals surface area (Å²) < 4.78 is 1.59. The van der Waals surface area contributed by atoms with Crippen LogP contribution in [0, 0.1) is 6.92 Å². The molecular weight excluding hydrogens is 130 g/mol. The van der Waals surface area contributed by atoms with Crippen molar-refractivity contribution in [3.05, 3.63) is 18.2 Å². The zero-order valence-corrected chi connectivity index (χ0v) is 5.39. The minimum atomic E-state index is 0.533. The van der Waals surface area contributed by atoms with Crippen molar-refractivity contribution in [3.8, 4) is 0 Å². The number of hydrogen-bond donors (Lipinski definition) is 0. The van der Waals surface area contributed by atoms with Crippen LogP contribution in [0.1, 0.15) is 5.69 Å². The SMILES string of the molecule is Cc1cn2ncnc2nn1. The second-order valence-electron chi connectivity index (χ2n) is 1.98. The molecule has 0 unspecified atom stereocenters. The molecule has 0 aromatic carbocycles. The number of aromatic nitrogens is 5. The summed E-state index contributed by atoms with van der Waals surface area (Å²) in [5.74, 6) is 0.533. The molecule has 0 spiro atoms. The summed E-state index contributed by atoms with van der Waals surface area (Å²) in [5.41, 5.74) is 0.831. The fourth-order valence-electron chi connectivity index (χ4n) is 0.733. The first kappa shape index (κ1) is 5.28. The molecule has 2 aromatic rings. The van der Waals surface area contributed by atoms with E-state index in [2.05, 4.69) is 20.3 Å². The van der Waals surface area contributed by atoms with Crippen LogP contribution in [0.25, 0.3) is 5.78 Å². The third-order valence-corrected chi connectivity index (χ3v) is 1.16. The summed E-state index contributed by atoms with van der Waals surface area (Å²) in [7, 11) is 0. The maximum Gasteiger partial charge on any atom is 0.271 e. The normalized spacial score (nSPS) is 10.5. The maximum absolute atomic E-state index is 3.88. The molecule has 0 atom stereocenters. The molecule has 5 nitrogen and oxygen atoms in total. The highest BCUT2D eigenvalue weighted by Gasteiger charge is 1.94. The van der Waals surface area contributed by atoms with Crippen molar-refractivity contribution in [2.24, 2.45) is 0 Å². The predicted octanol–water partition coefficient (Wildman–Crippen LogP) is -0.172. The second kappa shape index (κ2) is 1.73. The van der Waals surface area contributed by atoms with E-state index in [0.717, 1.165) is 5.69 Å². The van der Waals surface area contributed by atoms with Gasteiger partial charge in [0.1, 0.15) is 6.33 Å². The summed E-state index contributed by atoms with van der Waals surface area (Å²) >= 11 is 0. The first-order valence-electron chi connectivity index (χ1n) is 2.86. The highest BCUT2D eigenvalue weighted by Crippen LogP contribution is 1.91. The van der Waals surface area contributed by atoms with Crippen LogP contribution in [0.5, 0.6) is 0 Å². The van der Waals surface area contributed by atoms with Crippen LogP contribution >= 0.6 is 0 Å². The average molecular weight is 135 g/mol. The minimum absolute atomic E-state index is 0.533. The molecule has 2 aromatic heterocycles. The molecule has 0 saturated heterocycles. The van der Waals surface area contributed by atoms with Gasteiger partial charge in [-0.25, -0.2) is 4.52 Å². The first-order valence-corrected chi connectivity index (χ1v) is 2.86. The molecule has 0 aliphatic rings. The Labute approximate surface area is 56.7 Å². The van der Waals surface area contributed by atoms with Gasteiger partial charge < -0.3 is 0 Å². The number of aryl methyl sites for hydroxylation is 1. The molecule has 0 bridgehead atoms. The van der Waals surface area contributed by atoms with Crippen LogP contribution in [0.15, 0.2) is 12.5 Å². The third kappa shape index (κ3) is 0.637. The number of hydrogen-bond acceptors (Lipinski definition) is 4. The lowest BCUT2D eigenvalue weighted by Gasteiger charge is -1.88. The van der Waals surface area contributed by atoms with Gasteiger partial charge in [-0.1, -0.05) is 0 Å². The lowest BCUT2D eigenvalue weighted by Crippen LogP contribution is -1.94.